The first-order valence-electron chi connectivity index (χ1n) is 7.25. The van der Waals surface area contributed by atoms with Gasteiger partial charge in [-0.2, -0.15) is 0 Å². The molecule has 2 N–H and O–H groups in total. The first-order chi connectivity index (χ1) is 8.67. The number of aliphatic hydroxyl groups excluding tert-OH is 2. The molecule has 0 bridgehead atoms. The number of fused-ring (bicyclic) bond motifs is 1. The van der Waals surface area contributed by atoms with Crippen molar-refractivity contribution in [1.82, 2.24) is 0 Å². The number of aliphatic hydroxyl groups is 2. The fourth-order valence-electron chi connectivity index (χ4n) is 3.01. The zero-order valence-corrected chi connectivity index (χ0v) is 13.7. The maximum atomic E-state index is 9.84. The van der Waals surface area contributed by atoms with Gasteiger partial charge in [-0.15, -0.1) is 0 Å². The standard InChI is InChI=1S/C14H28O4Si/c1-14(2,3)19(4,5)18-12-9(7-15)6-10-11(12)8-17-13(10)16/h9-13,15-16H,6-8H2,1-5H3/t9-,10-,11-,12-,13?/m1/s1. The van der Waals surface area contributed by atoms with Gasteiger partial charge in [0.2, 0.25) is 0 Å². The molecular formula is C14H28O4Si. The van der Waals surface area contributed by atoms with Gasteiger partial charge >= 0.3 is 0 Å². The molecule has 1 saturated heterocycles. The Bertz CT molecular complexity index is 326. The molecule has 0 aromatic heterocycles. The van der Waals surface area contributed by atoms with Gasteiger partial charge < -0.3 is 19.4 Å². The van der Waals surface area contributed by atoms with Crippen molar-refractivity contribution >= 4 is 8.32 Å². The second kappa shape index (κ2) is 5.11. The highest BCUT2D eigenvalue weighted by Gasteiger charge is 2.53. The van der Waals surface area contributed by atoms with E-state index in [2.05, 4.69) is 33.9 Å². The van der Waals surface area contributed by atoms with Crippen molar-refractivity contribution in [3.8, 4) is 0 Å². The molecule has 19 heavy (non-hydrogen) atoms. The lowest BCUT2D eigenvalue weighted by molar-refractivity contribution is -0.0871. The summed E-state index contributed by atoms with van der Waals surface area (Å²) in [4.78, 5) is 0. The molecule has 1 saturated carbocycles. The largest absolute Gasteiger partial charge is 0.413 e. The summed E-state index contributed by atoms with van der Waals surface area (Å²) in [5.74, 6) is 0.510. The van der Waals surface area contributed by atoms with Gasteiger partial charge in [0.1, 0.15) is 0 Å². The lowest BCUT2D eigenvalue weighted by atomic mass is 9.98. The quantitative estimate of drug-likeness (QED) is 0.780. The summed E-state index contributed by atoms with van der Waals surface area (Å²) in [6.45, 7) is 11.8. The van der Waals surface area contributed by atoms with E-state index in [0.717, 1.165) is 6.42 Å². The number of hydrogen-bond acceptors (Lipinski definition) is 4. The van der Waals surface area contributed by atoms with Crippen LogP contribution in [0.15, 0.2) is 0 Å². The molecule has 0 aromatic rings. The van der Waals surface area contributed by atoms with Crippen LogP contribution < -0.4 is 0 Å². The average molecular weight is 288 g/mol. The van der Waals surface area contributed by atoms with Gasteiger partial charge in [0.05, 0.1) is 12.7 Å². The topological polar surface area (TPSA) is 58.9 Å². The predicted octanol–water partition coefficient (Wildman–Crippen LogP) is 1.97. The Morgan fingerprint density at radius 3 is 2.42 bits per heavy atom. The molecule has 2 rings (SSSR count). The van der Waals surface area contributed by atoms with Crippen LogP contribution in [0.3, 0.4) is 0 Å². The summed E-state index contributed by atoms with van der Waals surface area (Å²) in [7, 11) is -1.86. The molecule has 1 unspecified atom stereocenters. The van der Waals surface area contributed by atoms with Gasteiger partial charge in [0.15, 0.2) is 14.6 Å². The number of ether oxygens (including phenoxy) is 1. The Hall–Kier alpha value is 0.0569. The highest BCUT2D eigenvalue weighted by atomic mass is 28.4. The van der Waals surface area contributed by atoms with Crippen molar-refractivity contribution in [3.05, 3.63) is 0 Å². The minimum Gasteiger partial charge on any atom is -0.413 e. The Morgan fingerprint density at radius 2 is 1.89 bits per heavy atom. The summed E-state index contributed by atoms with van der Waals surface area (Å²) in [5, 5.41) is 19.6. The fraction of sp³-hybridized carbons (Fsp3) is 1.00. The van der Waals surface area contributed by atoms with Crippen molar-refractivity contribution in [2.75, 3.05) is 13.2 Å². The van der Waals surface area contributed by atoms with Crippen LogP contribution in [0.4, 0.5) is 0 Å². The van der Waals surface area contributed by atoms with E-state index in [0.29, 0.717) is 6.61 Å². The summed E-state index contributed by atoms with van der Waals surface area (Å²) in [6.07, 6.45) is 0.168. The van der Waals surface area contributed by atoms with Crippen LogP contribution in [0.5, 0.6) is 0 Å². The first-order valence-corrected chi connectivity index (χ1v) is 10.2. The third-order valence-electron chi connectivity index (χ3n) is 5.31. The van der Waals surface area contributed by atoms with Gasteiger partial charge in [-0.1, -0.05) is 20.8 Å². The molecule has 5 atom stereocenters. The van der Waals surface area contributed by atoms with Crippen LogP contribution in [0, 0.1) is 17.8 Å². The smallest absolute Gasteiger partial charge is 0.192 e. The molecule has 0 radical (unpaired) electrons. The Labute approximate surface area is 117 Å². The normalized spacial score (nSPS) is 39.6. The molecule has 5 heteroatoms. The third kappa shape index (κ3) is 2.76. The summed E-state index contributed by atoms with van der Waals surface area (Å²) in [5.41, 5.74) is 0. The lowest BCUT2D eigenvalue weighted by Gasteiger charge is -2.41. The Kier molecular flexibility index (Phi) is 4.16. The molecule has 0 aromatic carbocycles. The van der Waals surface area contributed by atoms with Gasteiger partial charge in [0.25, 0.3) is 0 Å². The van der Waals surface area contributed by atoms with Crippen molar-refractivity contribution < 1.29 is 19.4 Å². The number of hydrogen-bond donors (Lipinski definition) is 2. The van der Waals surface area contributed by atoms with Gasteiger partial charge in [-0.25, -0.2) is 0 Å². The molecule has 1 heterocycles. The van der Waals surface area contributed by atoms with Crippen LogP contribution in [0.25, 0.3) is 0 Å². The molecular weight excluding hydrogens is 260 g/mol. The zero-order chi connectivity index (χ0) is 14.4. The van der Waals surface area contributed by atoms with Gasteiger partial charge in [0, 0.05) is 24.4 Å². The summed E-state index contributed by atoms with van der Waals surface area (Å²) in [6, 6.07) is 0. The summed E-state index contributed by atoms with van der Waals surface area (Å²) < 4.78 is 11.9. The first kappa shape index (κ1) is 15.4. The maximum Gasteiger partial charge on any atom is 0.192 e. The highest BCUT2D eigenvalue weighted by Crippen LogP contribution is 2.48. The van der Waals surface area contributed by atoms with Crippen LogP contribution >= 0.6 is 0 Å². The van der Waals surface area contributed by atoms with Crippen LogP contribution in [0.1, 0.15) is 27.2 Å². The lowest BCUT2D eigenvalue weighted by Crippen LogP contribution is -2.47. The minimum absolute atomic E-state index is 0.0352. The molecule has 0 amide bonds. The van der Waals surface area contributed by atoms with Crippen molar-refractivity contribution in [2.45, 2.75) is 57.7 Å². The number of rotatable bonds is 3. The van der Waals surface area contributed by atoms with E-state index in [-0.39, 0.29) is 35.5 Å². The van der Waals surface area contributed by atoms with E-state index in [1.54, 1.807) is 0 Å². The van der Waals surface area contributed by atoms with Crippen LogP contribution in [0.2, 0.25) is 18.1 Å². The molecule has 2 fully saturated rings. The minimum atomic E-state index is -1.86. The molecule has 4 nitrogen and oxygen atoms in total. The molecule has 112 valence electrons. The monoisotopic (exact) mass is 288 g/mol. The second-order valence-corrected chi connectivity index (χ2v) is 12.3. The Balaban J connectivity index is 2.14. The fourth-order valence-corrected chi connectivity index (χ4v) is 4.41. The zero-order valence-electron chi connectivity index (χ0n) is 12.7. The molecule has 1 aliphatic carbocycles. The second-order valence-electron chi connectivity index (χ2n) is 7.57. The van der Waals surface area contributed by atoms with E-state index in [9.17, 15) is 10.2 Å². The predicted molar refractivity (Wildman–Crippen MR) is 76.2 cm³/mol. The molecule has 0 spiro atoms. The SMILES string of the molecule is CC(C)(C)[Si](C)(C)O[C@@H]1[C@@H](CO)C[C@H]2C(O)OC[C@@H]12. The molecule has 1 aliphatic heterocycles. The van der Waals surface area contributed by atoms with Crippen molar-refractivity contribution in [3.63, 3.8) is 0 Å². The van der Waals surface area contributed by atoms with E-state index >= 15 is 0 Å². The van der Waals surface area contributed by atoms with E-state index in [4.69, 9.17) is 9.16 Å². The third-order valence-corrected chi connectivity index (χ3v) is 9.78. The summed E-state index contributed by atoms with van der Waals surface area (Å²) >= 11 is 0. The van der Waals surface area contributed by atoms with Crippen molar-refractivity contribution in [2.24, 2.45) is 17.8 Å². The highest BCUT2D eigenvalue weighted by molar-refractivity contribution is 6.74. The van der Waals surface area contributed by atoms with E-state index < -0.39 is 14.6 Å². The molecule has 2 aliphatic rings. The average Bonchev–Trinajstić information content (AvgIpc) is 2.79. The Morgan fingerprint density at radius 1 is 1.26 bits per heavy atom. The van der Waals surface area contributed by atoms with Crippen LogP contribution in [-0.2, 0) is 9.16 Å². The maximum absolute atomic E-state index is 9.84. The van der Waals surface area contributed by atoms with E-state index in [1.165, 1.54) is 0 Å². The van der Waals surface area contributed by atoms with Crippen molar-refractivity contribution in [1.29, 1.82) is 0 Å². The van der Waals surface area contributed by atoms with Crippen LogP contribution in [-0.4, -0.2) is 44.1 Å². The van der Waals surface area contributed by atoms with Gasteiger partial charge in [-0.05, 0) is 24.6 Å². The van der Waals surface area contributed by atoms with E-state index in [1.807, 2.05) is 0 Å². The van der Waals surface area contributed by atoms with Gasteiger partial charge in [-0.3, -0.25) is 0 Å².